The Labute approximate surface area is 105 Å². The smallest absolute Gasteiger partial charge is 0.274 e. The Morgan fingerprint density at radius 3 is 2.61 bits per heavy atom. The number of rotatable bonds is 3. The van der Waals surface area contributed by atoms with E-state index in [0.29, 0.717) is 12.2 Å². The zero-order valence-corrected chi connectivity index (χ0v) is 10.7. The molecule has 2 aromatic rings. The van der Waals surface area contributed by atoms with Gasteiger partial charge in [0.2, 0.25) is 0 Å². The van der Waals surface area contributed by atoms with E-state index >= 15 is 0 Å². The molecule has 1 amide bonds. The third kappa shape index (κ3) is 2.74. The van der Waals surface area contributed by atoms with Crippen molar-refractivity contribution >= 4 is 5.91 Å². The number of carbonyl (C=O) groups is 1. The van der Waals surface area contributed by atoms with Gasteiger partial charge in [0.1, 0.15) is 17.2 Å². The van der Waals surface area contributed by atoms with Crippen molar-refractivity contribution in [3.8, 4) is 0 Å². The Hall–Kier alpha value is -2.17. The summed E-state index contributed by atoms with van der Waals surface area (Å²) in [5.74, 6) is 1.42. The minimum atomic E-state index is -0.170. The van der Waals surface area contributed by atoms with Crippen molar-refractivity contribution < 1.29 is 9.21 Å². The molecule has 0 bridgehead atoms. The number of amides is 1. The van der Waals surface area contributed by atoms with E-state index in [9.17, 15) is 4.79 Å². The van der Waals surface area contributed by atoms with Crippen molar-refractivity contribution in [2.75, 3.05) is 7.05 Å². The Balaban J connectivity index is 2.07. The minimum absolute atomic E-state index is 0.170. The van der Waals surface area contributed by atoms with Crippen LogP contribution in [0.3, 0.4) is 0 Å². The lowest BCUT2D eigenvalue weighted by Gasteiger charge is -2.14. The Morgan fingerprint density at radius 1 is 1.28 bits per heavy atom. The summed E-state index contributed by atoms with van der Waals surface area (Å²) in [6, 6.07) is 3.74. The molecule has 0 aliphatic heterocycles. The molecule has 2 aromatic heterocycles. The predicted molar refractivity (Wildman–Crippen MR) is 66.0 cm³/mol. The Morgan fingerprint density at radius 2 is 2.06 bits per heavy atom. The fraction of sp³-hybridized carbons (Fsp3) is 0.308. The van der Waals surface area contributed by atoms with Crippen LogP contribution in [0.1, 0.15) is 27.7 Å². The summed E-state index contributed by atoms with van der Waals surface area (Å²) >= 11 is 0. The number of carbonyl (C=O) groups excluding carboxylic acids is 1. The summed E-state index contributed by atoms with van der Waals surface area (Å²) in [6.45, 7) is 4.12. The van der Waals surface area contributed by atoms with Gasteiger partial charge in [0.05, 0.1) is 18.4 Å². The molecular weight excluding hydrogens is 230 g/mol. The molecular formula is C13H15N3O2. The van der Waals surface area contributed by atoms with E-state index in [-0.39, 0.29) is 5.91 Å². The summed E-state index contributed by atoms with van der Waals surface area (Å²) in [5.41, 5.74) is 1.13. The van der Waals surface area contributed by atoms with E-state index in [4.69, 9.17) is 4.42 Å². The van der Waals surface area contributed by atoms with E-state index in [0.717, 1.165) is 17.2 Å². The molecule has 0 aliphatic rings. The fourth-order valence-electron chi connectivity index (χ4n) is 1.57. The number of hydrogen-bond acceptors (Lipinski definition) is 4. The van der Waals surface area contributed by atoms with Crippen LogP contribution in [0.5, 0.6) is 0 Å². The van der Waals surface area contributed by atoms with Crippen molar-refractivity contribution in [1.29, 1.82) is 0 Å². The second-order valence-corrected chi connectivity index (χ2v) is 4.22. The molecule has 0 saturated heterocycles. The maximum Gasteiger partial charge on any atom is 0.274 e. The lowest BCUT2D eigenvalue weighted by atomic mass is 10.3. The van der Waals surface area contributed by atoms with Gasteiger partial charge in [-0.15, -0.1) is 0 Å². The van der Waals surface area contributed by atoms with Crippen molar-refractivity contribution in [2.45, 2.75) is 20.4 Å². The molecule has 0 radical (unpaired) electrons. The number of hydrogen-bond donors (Lipinski definition) is 0. The van der Waals surface area contributed by atoms with Crippen LogP contribution < -0.4 is 0 Å². The summed E-state index contributed by atoms with van der Waals surface area (Å²) in [7, 11) is 1.71. The standard InChI is InChI=1S/C13H15N3O2/c1-9-6-15-12(7-14-9)13(17)16(3)8-11-5-4-10(2)18-11/h4-7H,8H2,1-3H3. The molecule has 0 fully saturated rings. The fourth-order valence-corrected chi connectivity index (χ4v) is 1.57. The molecule has 0 unspecified atom stereocenters. The highest BCUT2D eigenvalue weighted by molar-refractivity contribution is 5.91. The predicted octanol–water partition coefficient (Wildman–Crippen LogP) is 1.96. The molecule has 0 saturated carbocycles. The van der Waals surface area contributed by atoms with E-state index in [1.165, 1.54) is 6.20 Å². The third-order valence-electron chi connectivity index (χ3n) is 2.54. The van der Waals surface area contributed by atoms with Crippen molar-refractivity contribution in [3.05, 3.63) is 47.4 Å². The normalized spacial score (nSPS) is 10.4. The van der Waals surface area contributed by atoms with E-state index in [2.05, 4.69) is 9.97 Å². The highest BCUT2D eigenvalue weighted by Gasteiger charge is 2.14. The van der Waals surface area contributed by atoms with Gasteiger partial charge in [-0.05, 0) is 26.0 Å². The largest absolute Gasteiger partial charge is 0.464 e. The van der Waals surface area contributed by atoms with Crippen molar-refractivity contribution in [1.82, 2.24) is 14.9 Å². The first-order chi connectivity index (χ1) is 8.56. The minimum Gasteiger partial charge on any atom is -0.464 e. The Bertz CT molecular complexity index is 546. The lowest BCUT2D eigenvalue weighted by Crippen LogP contribution is -2.27. The highest BCUT2D eigenvalue weighted by Crippen LogP contribution is 2.10. The van der Waals surface area contributed by atoms with Crippen LogP contribution in [0.4, 0.5) is 0 Å². The first-order valence-corrected chi connectivity index (χ1v) is 5.65. The molecule has 5 heteroatoms. The van der Waals surface area contributed by atoms with Gasteiger partial charge in [-0.25, -0.2) is 4.98 Å². The van der Waals surface area contributed by atoms with Crippen LogP contribution >= 0.6 is 0 Å². The highest BCUT2D eigenvalue weighted by atomic mass is 16.3. The Kier molecular flexibility index (Phi) is 3.41. The maximum atomic E-state index is 12.0. The SMILES string of the molecule is Cc1cnc(C(=O)N(C)Cc2ccc(C)o2)cn1. The second-order valence-electron chi connectivity index (χ2n) is 4.22. The summed E-state index contributed by atoms with van der Waals surface area (Å²) in [4.78, 5) is 21.7. The van der Waals surface area contributed by atoms with Gasteiger partial charge >= 0.3 is 0 Å². The van der Waals surface area contributed by atoms with Crippen molar-refractivity contribution in [3.63, 3.8) is 0 Å². The number of aromatic nitrogens is 2. The summed E-state index contributed by atoms with van der Waals surface area (Å²) in [5, 5.41) is 0. The van der Waals surface area contributed by atoms with Crippen LogP contribution in [-0.4, -0.2) is 27.8 Å². The number of furan rings is 1. The van der Waals surface area contributed by atoms with Crippen LogP contribution in [0.25, 0.3) is 0 Å². The first-order valence-electron chi connectivity index (χ1n) is 5.65. The lowest BCUT2D eigenvalue weighted by molar-refractivity contribution is 0.0768. The van der Waals surface area contributed by atoms with Gasteiger partial charge < -0.3 is 9.32 Å². The first kappa shape index (κ1) is 12.3. The molecule has 5 nitrogen and oxygen atoms in total. The number of aryl methyl sites for hydroxylation is 2. The topological polar surface area (TPSA) is 59.2 Å². The van der Waals surface area contributed by atoms with Gasteiger partial charge in [0, 0.05) is 13.2 Å². The van der Waals surface area contributed by atoms with Gasteiger partial charge in [0.15, 0.2) is 0 Å². The van der Waals surface area contributed by atoms with Gasteiger partial charge in [0.25, 0.3) is 5.91 Å². The quantitative estimate of drug-likeness (QED) is 0.829. The van der Waals surface area contributed by atoms with Crippen LogP contribution in [0, 0.1) is 13.8 Å². The molecule has 0 aliphatic carbocycles. The van der Waals surface area contributed by atoms with Crippen molar-refractivity contribution in [2.24, 2.45) is 0 Å². The van der Waals surface area contributed by atoms with Gasteiger partial charge in [-0.1, -0.05) is 0 Å². The summed E-state index contributed by atoms with van der Waals surface area (Å²) < 4.78 is 5.43. The molecule has 18 heavy (non-hydrogen) atoms. The van der Waals surface area contributed by atoms with Gasteiger partial charge in [-0.2, -0.15) is 0 Å². The molecule has 0 aromatic carbocycles. The van der Waals surface area contributed by atoms with Crippen LogP contribution in [0.15, 0.2) is 28.9 Å². The van der Waals surface area contributed by atoms with Crippen LogP contribution in [0.2, 0.25) is 0 Å². The molecule has 0 spiro atoms. The molecule has 0 N–H and O–H groups in total. The van der Waals surface area contributed by atoms with Gasteiger partial charge in [-0.3, -0.25) is 9.78 Å². The third-order valence-corrected chi connectivity index (χ3v) is 2.54. The van der Waals surface area contributed by atoms with E-state index in [1.54, 1.807) is 18.1 Å². The molecule has 94 valence electrons. The zero-order chi connectivity index (χ0) is 13.1. The maximum absolute atomic E-state index is 12.0. The summed E-state index contributed by atoms with van der Waals surface area (Å²) in [6.07, 6.45) is 3.07. The average molecular weight is 245 g/mol. The van der Waals surface area contributed by atoms with E-state index < -0.39 is 0 Å². The molecule has 0 atom stereocenters. The molecule has 2 rings (SSSR count). The number of nitrogens with zero attached hydrogens (tertiary/aromatic N) is 3. The average Bonchev–Trinajstić information content (AvgIpc) is 2.75. The zero-order valence-electron chi connectivity index (χ0n) is 10.7. The second kappa shape index (κ2) is 5.00. The monoisotopic (exact) mass is 245 g/mol. The molecule has 2 heterocycles. The van der Waals surface area contributed by atoms with Crippen LogP contribution in [-0.2, 0) is 6.54 Å². The van der Waals surface area contributed by atoms with E-state index in [1.807, 2.05) is 26.0 Å².